The predicted molar refractivity (Wildman–Crippen MR) is 71.3 cm³/mol. The third kappa shape index (κ3) is 5.05. The molecule has 1 aromatic rings. The number of nitrogens with zero attached hydrogens (tertiary/aromatic N) is 2. The molecule has 0 radical (unpaired) electrons. The van der Waals surface area contributed by atoms with Gasteiger partial charge < -0.3 is 10.0 Å². The van der Waals surface area contributed by atoms with E-state index in [1.807, 2.05) is 0 Å². The van der Waals surface area contributed by atoms with Crippen LogP contribution in [0.4, 0.5) is 5.69 Å². The van der Waals surface area contributed by atoms with Gasteiger partial charge in [0.1, 0.15) is 0 Å². The van der Waals surface area contributed by atoms with Gasteiger partial charge in [0.05, 0.1) is 11.3 Å². The van der Waals surface area contributed by atoms with Gasteiger partial charge >= 0.3 is 5.97 Å². The maximum atomic E-state index is 11.7. The fourth-order valence-corrected chi connectivity index (χ4v) is 1.66. The zero-order chi connectivity index (χ0) is 15.1. The Kier molecular flexibility index (Phi) is 5.64. The highest BCUT2D eigenvalue weighted by molar-refractivity contribution is 5.77. The molecule has 1 aromatic carbocycles. The average Bonchev–Trinajstić information content (AvgIpc) is 2.42. The number of rotatable bonds is 7. The smallest absolute Gasteiger partial charge is 0.305 e. The summed E-state index contributed by atoms with van der Waals surface area (Å²) in [6, 6.07) is 6.12. The number of hydrogen-bond acceptors (Lipinski definition) is 4. The van der Waals surface area contributed by atoms with E-state index in [0.717, 1.165) is 0 Å². The lowest BCUT2D eigenvalue weighted by molar-refractivity contribution is -0.384. The normalized spacial score (nSPS) is 10.1. The molecule has 0 aliphatic rings. The number of nitro benzene ring substituents is 1. The molecule has 7 nitrogen and oxygen atoms in total. The second-order valence-electron chi connectivity index (χ2n) is 4.39. The zero-order valence-electron chi connectivity index (χ0n) is 11.1. The molecule has 0 spiro atoms. The highest BCUT2D eigenvalue weighted by atomic mass is 16.6. The van der Waals surface area contributed by atoms with Gasteiger partial charge in [-0.05, 0) is 12.0 Å². The first-order valence-corrected chi connectivity index (χ1v) is 6.09. The van der Waals surface area contributed by atoms with Crippen LogP contribution in [-0.4, -0.2) is 40.4 Å². The van der Waals surface area contributed by atoms with Gasteiger partial charge in [-0.1, -0.05) is 12.1 Å². The maximum Gasteiger partial charge on any atom is 0.305 e. The Morgan fingerprint density at radius 1 is 1.35 bits per heavy atom. The van der Waals surface area contributed by atoms with E-state index >= 15 is 0 Å². The third-order valence-corrected chi connectivity index (χ3v) is 2.84. The molecular formula is C13H16N2O5. The lowest BCUT2D eigenvalue weighted by Gasteiger charge is -2.15. The number of benzene rings is 1. The molecule has 0 saturated heterocycles. The van der Waals surface area contributed by atoms with Crippen LogP contribution in [0.3, 0.4) is 0 Å². The first-order valence-electron chi connectivity index (χ1n) is 6.09. The molecule has 0 aliphatic heterocycles. The summed E-state index contributed by atoms with van der Waals surface area (Å²) in [5.74, 6) is -1.14. The molecule has 0 aliphatic carbocycles. The molecule has 1 amide bonds. The number of carbonyl (C=O) groups is 2. The minimum absolute atomic E-state index is 0.00539. The molecule has 0 saturated carbocycles. The molecule has 108 valence electrons. The van der Waals surface area contributed by atoms with Gasteiger partial charge in [0.15, 0.2) is 0 Å². The number of aliphatic carboxylic acids is 1. The van der Waals surface area contributed by atoms with Crippen LogP contribution in [0.15, 0.2) is 24.3 Å². The molecular weight excluding hydrogens is 264 g/mol. The van der Waals surface area contributed by atoms with Crippen LogP contribution in [0, 0.1) is 10.1 Å². The Bertz CT molecular complexity index is 515. The van der Waals surface area contributed by atoms with Gasteiger partial charge in [-0.3, -0.25) is 19.7 Å². The number of hydrogen-bond donors (Lipinski definition) is 1. The predicted octanol–water partition coefficient (Wildman–Crippen LogP) is 1.46. The van der Waals surface area contributed by atoms with Gasteiger partial charge in [0, 0.05) is 32.1 Å². The summed E-state index contributed by atoms with van der Waals surface area (Å²) < 4.78 is 0. The molecule has 0 heterocycles. The second kappa shape index (κ2) is 7.22. The number of amides is 1. The van der Waals surface area contributed by atoms with Gasteiger partial charge in [0.25, 0.3) is 5.69 Å². The van der Waals surface area contributed by atoms with Gasteiger partial charge in [0.2, 0.25) is 5.91 Å². The summed E-state index contributed by atoms with van der Waals surface area (Å²) in [6.45, 7) is 0.156. The van der Waals surface area contributed by atoms with Crippen LogP contribution in [0.2, 0.25) is 0 Å². The minimum Gasteiger partial charge on any atom is -0.481 e. The van der Waals surface area contributed by atoms with Crippen LogP contribution in [0.1, 0.15) is 18.4 Å². The number of nitro groups is 1. The van der Waals surface area contributed by atoms with Crippen molar-refractivity contribution in [3.05, 3.63) is 39.9 Å². The number of carbonyl (C=O) groups excluding carboxylic acids is 1. The summed E-state index contributed by atoms with van der Waals surface area (Å²) in [4.78, 5) is 33.6. The molecule has 0 fully saturated rings. The van der Waals surface area contributed by atoms with Crippen molar-refractivity contribution < 1.29 is 19.6 Å². The van der Waals surface area contributed by atoms with E-state index in [1.54, 1.807) is 19.2 Å². The number of non-ortho nitro benzene ring substituents is 1. The zero-order valence-corrected chi connectivity index (χ0v) is 11.1. The van der Waals surface area contributed by atoms with E-state index in [9.17, 15) is 19.7 Å². The van der Waals surface area contributed by atoms with Crippen LogP contribution < -0.4 is 0 Å². The average molecular weight is 280 g/mol. The highest BCUT2D eigenvalue weighted by Gasteiger charge is 2.11. The van der Waals surface area contributed by atoms with E-state index in [0.29, 0.717) is 12.0 Å². The monoisotopic (exact) mass is 280 g/mol. The lowest BCUT2D eigenvalue weighted by atomic mass is 10.1. The van der Waals surface area contributed by atoms with Crippen molar-refractivity contribution >= 4 is 17.6 Å². The van der Waals surface area contributed by atoms with E-state index in [2.05, 4.69) is 0 Å². The number of aryl methyl sites for hydroxylation is 1. The third-order valence-electron chi connectivity index (χ3n) is 2.84. The lowest BCUT2D eigenvalue weighted by Crippen LogP contribution is -2.29. The van der Waals surface area contributed by atoms with E-state index in [-0.39, 0.29) is 31.0 Å². The SMILES string of the molecule is CN(CCC(=O)O)C(=O)CCc1cccc([N+](=O)[O-])c1. The van der Waals surface area contributed by atoms with Crippen LogP contribution in [0.5, 0.6) is 0 Å². The Hall–Kier alpha value is -2.44. The summed E-state index contributed by atoms with van der Waals surface area (Å²) in [5.41, 5.74) is 0.702. The minimum atomic E-state index is -0.955. The molecule has 20 heavy (non-hydrogen) atoms. The molecule has 0 unspecified atom stereocenters. The largest absolute Gasteiger partial charge is 0.481 e. The van der Waals surface area contributed by atoms with Crippen molar-refractivity contribution in [2.75, 3.05) is 13.6 Å². The Balaban J connectivity index is 2.50. The van der Waals surface area contributed by atoms with Crippen molar-refractivity contribution in [3.8, 4) is 0 Å². The maximum absolute atomic E-state index is 11.7. The summed E-state index contributed by atoms with van der Waals surface area (Å²) in [7, 11) is 1.54. The second-order valence-corrected chi connectivity index (χ2v) is 4.39. The Labute approximate surface area is 116 Å². The summed E-state index contributed by atoms with van der Waals surface area (Å²) >= 11 is 0. The van der Waals surface area contributed by atoms with Crippen molar-refractivity contribution in [1.29, 1.82) is 0 Å². The van der Waals surface area contributed by atoms with E-state index < -0.39 is 10.9 Å². The fourth-order valence-electron chi connectivity index (χ4n) is 1.66. The molecule has 0 atom stereocenters. The van der Waals surface area contributed by atoms with Crippen LogP contribution in [0.25, 0.3) is 0 Å². The van der Waals surface area contributed by atoms with E-state index in [4.69, 9.17) is 5.11 Å². The van der Waals surface area contributed by atoms with Crippen molar-refractivity contribution in [2.24, 2.45) is 0 Å². The highest BCUT2D eigenvalue weighted by Crippen LogP contribution is 2.14. The van der Waals surface area contributed by atoms with Gasteiger partial charge in [-0.2, -0.15) is 0 Å². The molecule has 0 bridgehead atoms. The van der Waals surface area contributed by atoms with Crippen LogP contribution >= 0.6 is 0 Å². The quantitative estimate of drug-likeness (QED) is 0.602. The molecule has 1 N–H and O–H groups in total. The van der Waals surface area contributed by atoms with Crippen molar-refractivity contribution in [1.82, 2.24) is 4.90 Å². The van der Waals surface area contributed by atoms with Gasteiger partial charge in [-0.15, -0.1) is 0 Å². The standard InChI is InChI=1S/C13H16N2O5/c1-14(8-7-13(17)18)12(16)6-5-10-3-2-4-11(9-10)15(19)20/h2-4,9H,5-8H2,1H3,(H,17,18). The fraction of sp³-hybridized carbons (Fsp3) is 0.385. The van der Waals surface area contributed by atoms with Crippen molar-refractivity contribution in [3.63, 3.8) is 0 Å². The van der Waals surface area contributed by atoms with Crippen molar-refractivity contribution in [2.45, 2.75) is 19.3 Å². The Morgan fingerprint density at radius 2 is 2.05 bits per heavy atom. The summed E-state index contributed by atoms with van der Waals surface area (Å²) in [5, 5.41) is 19.2. The molecule has 0 aromatic heterocycles. The van der Waals surface area contributed by atoms with Crippen LogP contribution in [-0.2, 0) is 16.0 Å². The number of carboxylic acids is 1. The summed E-state index contributed by atoms with van der Waals surface area (Å²) in [6.07, 6.45) is 0.480. The van der Waals surface area contributed by atoms with E-state index in [1.165, 1.54) is 17.0 Å². The molecule has 1 rings (SSSR count). The molecule has 7 heteroatoms. The Morgan fingerprint density at radius 3 is 2.65 bits per heavy atom. The van der Waals surface area contributed by atoms with Gasteiger partial charge in [-0.25, -0.2) is 0 Å². The first kappa shape index (κ1) is 15.6. The first-order chi connectivity index (χ1) is 9.40. The number of carboxylic acid groups (broad SMARTS) is 1. The topological polar surface area (TPSA) is 101 Å².